The number of rotatable bonds is 7. The molecule has 0 saturated carbocycles. The lowest BCUT2D eigenvalue weighted by atomic mass is 10.1. The van der Waals surface area contributed by atoms with E-state index in [4.69, 9.17) is 9.47 Å². The Morgan fingerprint density at radius 3 is 2.74 bits per heavy atom. The molecule has 0 aromatic heterocycles. The smallest absolute Gasteiger partial charge is 0.227 e. The Morgan fingerprint density at radius 2 is 2.04 bits per heavy atom. The molecule has 3 rings (SSSR count). The van der Waals surface area contributed by atoms with Crippen LogP contribution in [0.15, 0.2) is 48.5 Å². The summed E-state index contributed by atoms with van der Waals surface area (Å²) in [6.45, 7) is 3.17. The number of anilines is 1. The van der Waals surface area contributed by atoms with E-state index in [1.54, 1.807) is 30.2 Å². The lowest BCUT2D eigenvalue weighted by Gasteiger charge is -2.16. The number of ether oxygens (including phenoxy) is 2. The molecule has 27 heavy (non-hydrogen) atoms. The summed E-state index contributed by atoms with van der Waals surface area (Å²) in [7, 11) is 1.58. The highest BCUT2D eigenvalue weighted by atomic mass is 16.5. The second kappa shape index (κ2) is 8.54. The Labute approximate surface area is 159 Å². The van der Waals surface area contributed by atoms with Crippen molar-refractivity contribution in [2.45, 2.75) is 19.8 Å². The Morgan fingerprint density at radius 1 is 1.19 bits per heavy atom. The Hall–Kier alpha value is -3.08. The SMILES string of the molecule is CCOc1ccc(/C=C/C(=O)c2cccc(N3CCCC3=O)c2)cc1OC. The topological polar surface area (TPSA) is 55.8 Å². The van der Waals surface area contributed by atoms with Crippen LogP contribution in [0.25, 0.3) is 6.08 Å². The van der Waals surface area contributed by atoms with Crippen molar-refractivity contribution in [2.75, 3.05) is 25.2 Å². The first-order valence-corrected chi connectivity index (χ1v) is 9.06. The van der Waals surface area contributed by atoms with E-state index in [0.29, 0.717) is 36.6 Å². The third-order valence-electron chi connectivity index (χ3n) is 4.43. The van der Waals surface area contributed by atoms with Crippen molar-refractivity contribution in [3.05, 3.63) is 59.7 Å². The van der Waals surface area contributed by atoms with Crippen molar-refractivity contribution >= 4 is 23.5 Å². The average molecular weight is 365 g/mol. The van der Waals surface area contributed by atoms with Crippen molar-refractivity contribution in [3.8, 4) is 11.5 Å². The van der Waals surface area contributed by atoms with E-state index in [0.717, 1.165) is 17.7 Å². The average Bonchev–Trinajstić information content (AvgIpc) is 3.13. The van der Waals surface area contributed by atoms with Gasteiger partial charge in [-0.1, -0.05) is 24.3 Å². The van der Waals surface area contributed by atoms with Crippen molar-refractivity contribution in [1.82, 2.24) is 0 Å². The van der Waals surface area contributed by atoms with Crippen LogP contribution >= 0.6 is 0 Å². The number of hydrogen-bond donors (Lipinski definition) is 0. The first-order chi connectivity index (χ1) is 13.1. The van der Waals surface area contributed by atoms with E-state index in [9.17, 15) is 9.59 Å². The van der Waals surface area contributed by atoms with Crippen LogP contribution in [0.3, 0.4) is 0 Å². The quantitative estimate of drug-likeness (QED) is 0.547. The van der Waals surface area contributed by atoms with Crippen LogP contribution < -0.4 is 14.4 Å². The summed E-state index contributed by atoms with van der Waals surface area (Å²) >= 11 is 0. The van der Waals surface area contributed by atoms with E-state index in [-0.39, 0.29) is 11.7 Å². The summed E-state index contributed by atoms with van der Waals surface area (Å²) in [4.78, 5) is 26.2. The first-order valence-electron chi connectivity index (χ1n) is 9.06. The maximum absolute atomic E-state index is 12.5. The molecule has 0 N–H and O–H groups in total. The lowest BCUT2D eigenvalue weighted by Crippen LogP contribution is -2.23. The number of allylic oxidation sites excluding steroid dienone is 1. The maximum atomic E-state index is 12.5. The molecule has 0 radical (unpaired) electrons. The minimum atomic E-state index is -0.114. The van der Waals surface area contributed by atoms with Gasteiger partial charge in [0.1, 0.15) is 0 Å². The summed E-state index contributed by atoms with van der Waals surface area (Å²) in [5.41, 5.74) is 2.18. The highest BCUT2D eigenvalue weighted by Gasteiger charge is 2.22. The molecule has 1 saturated heterocycles. The molecule has 0 spiro atoms. The molecule has 0 aliphatic carbocycles. The predicted molar refractivity (Wildman–Crippen MR) is 106 cm³/mol. The molecule has 0 atom stereocenters. The monoisotopic (exact) mass is 365 g/mol. The summed E-state index contributed by atoms with van der Waals surface area (Å²) in [5.74, 6) is 1.29. The van der Waals surface area contributed by atoms with E-state index < -0.39 is 0 Å². The van der Waals surface area contributed by atoms with E-state index in [1.165, 1.54) is 6.08 Å². The Balaban J connectivity index is 1.76. The van der Waals surface area contributed by atoms with E-state index in [1.807, 2.05) is 37.3 Å². The van der Waals surface area contributed by atoms with Crippen LogP contribution in [0, 0.1) is 0 Å². The van der Waals surface area contributed by atoms with Crippen molar-refractivity contribution in [1.29, 1.82) is 0 Å². The van der Waals surface area contributed by atoms with Gasteiger partial charge in [-0.2, -0.15) is 0 Å². The second-order valence-electron chi connectivity index (χ2n) is 6.24. The normalized spacial score (nSPS) is 14.0. The van der Waals surface area contributed by atoms with Crippen LogP contribution in [-0.2, 0) is 4.79 Å². The fraction of sp³-hybridized carbons (Fsp3) is 0.273. The van der Waals surface area contributed by atoms with Gasteiger partial charge in [0.15, 0.2) is 17.3 Å². The molecule has 5 nitrogen and oxygen atoms in total. The third-order valence-corrected chi connectivity index (χ3v) is 4.43. The van der Waals surface area contributed by atoms with Gasteiger partial charge < -0.3 is 14.4 Å². The highest BCUT2D eigenvalue weighted by molar-refractivity contribution is 6.08. The zero-order chi connectivity index (χ0) is 19.2. The summed E-state index contributed by atoms with van der Waals surface area (Å²) in [6, 6.07) is 12.7. The molecule has 1 fully saturated rings. The number of nitrogens with zero attached hydrogens (tertiary/aromatic N) is 1. The van der Waals surface area contributed by atoms with Gasteiger partial charge in [-0.3, -0.25) is 9.59 Å². The minimum Gasteiger partial charge on any atom is -0.493 e. The molecule has 0 unspecified atom stereocenters. The molecular weight excluding hydrogens is 342 g/mol. The van der Waals surface area contributed by atoms with Crippen molar-refractivity contribution in [3.63, 3.8) is 0 Å². The van der Waals surface area contributed by atoms with Gasteiger partial charge in [0.25, 0.3) is 0 Å². The number of amides is 1. The fourth-order valence-corrected chi connectivity index (χ4v) is 3.08. The second-order valence-corrected chi connectivity index (χ2v) is 6.24. The van der Waals surface area contributed by atoms with Crippen molar-refractivity contribution in [2.24, 2.45) is 0 Å². The van der Waals surface area contributed by atoms with Gasteiger partial charge >= 0.3 is 0 Å². The van der Waals surface area contributed by atoms with Crippen LogP contribution in [0.1, 0.15) is 35.7 Å². The number of carbonyl (C=O) groups is 2. The predicted octanol–water partition coefficient (Wildman–Crippen LogP) is 4.12. The van der Waals surface area contributed by atoms with Crippen LogP contribution in [0.4, 0.5) is 5.69 Å². The molecule has 1 aliphatic rings. The maximum Gasteiger partial charge on any atom is 0.227 e. The largest absolute Gasteiger partial charge is 0.493 e. The summed E-state index contributed by atoms with van der Waals surface area (Å²) in [5, 5.41) is 0. The highest BCUT2D eigenvalue weighted by Crippen LogP contribution is 2.28. The molecule has 2 aromatic carbocycles. The molecule has 1 heterocycles. The molecule has 140 valence electrons. The first kappa shape index (κ1) is 18.7. The van der Waals surface area contributed by atoms with Gasteiger partial charge in [0.05, 0.1) is 13.7 Å². The van der Waals surface area contributed by atoms with E-state index in [2.05, 4.69) is 0 Å². The van der Waals surface area contributed by atoms with Gasteiger partial charge in [0, 0.05) is 24.2 Å². The summed E-state index contributed by atoms with van der Waals surface area (Å²) < 4.78 is 10.8. The molecule has 1 aliphatic heterocycles. The number of methoxy groups -OCH3 is 1. The van der Waals surface area contributed by atoms with Crippen LogP contribution in [0.2, 0.25) is 0 Å². The number of benzene rings is 2. The minimum absolute atomic E-state index is 0.108. The van der Waals surface area contributed by atoms with Gasteiger partial charge in [-0.05, 0) is 49.2 Å². The lowest BCUT2D eigenvalue weighted by molar-refractivity contribution is -0.117. The zero-order valence-electron chi connectivity index (χ0n) is 15.6. The summed E-state index contributed by atoms with van der Waals surface area (Å²) in [6.07, 6.45) is 4.70. The molecular formula is C22H23NO4. The Bertz CT molecular complexity index is 872. The third kappa shape index (κ3) is 4.37. The standard InChI is InChI=1S/C22H23NO4/c1-3-27-20-12-10-16(14-21(20)26-2)9-11-19(24)17-6-4-7-18(15-17)23-13-5-8-22(23)25/h4,6-7,9-12,14-15H,3,5,8,13H2,1-2H3/b11-9+. The van der Waals surface area contributed by atoms with Crippen LogP contribution in [0.5, 0.6) is 11.5 Å². The van der Waals surface area contributed by atoms with Crippen LogP contribution in [-0.4, -0.2) is 32.0 Å². The molecule has 2 aromatic rings. The fourth-order valence-electron chi connectivity index (χ4n) is 3.08. The molecule has 0 bridgehead atoms. The van der Waals surface area contributed by atoms with Crippen molar-refractivity contribution < 1.29 is 19.1 Å². The van der Waals surface area contributed by atoms with E-state index >= 15 is 0 Å². The molecule has 5 heteroatoms. The number of carbonyl (C=O) groups excluding carboxylic acids is 2. The van der Waals surface area contributed by atoms with Gasteiger partial charge in [-0.25, -0.2) is 0 Å². The zero-order valence-corrected chi connectivity index (χ0v) is 15.6. The van der Waals surface area contributed by atoms with Gasteiger partial charge in [0.2, 0.25) is 5.91 Å². The molecule has 1 amide bonds. The number of ketones is 1. The van der Waals surface area contributed by atoms with Gasteiger partial charge in [-0.15, -0.1) is 0 Å². The Kier molecular flexibility index (Phi) is 5.91. The number of hydrogen-bond acceptors (Lipinski definition) is 4.